The van der Waals surface area contributed by atoms with Crippen LogP contribution in [0.2, 0.25) is 0 Å². The van der Waals surface area contributed by atoms with Crippen molar-refractivity contribution in [1.29, 1.82) is 0 Å². The summed E-state index contributed by atoms with van der Waals surface area (Å²) in [5, 5.41) is 20.8. The van der Waals surface area contributed by atoms with E-state index in [1.54, 1.807) is 19.4 Å². The highest BCUT2D eigenvalue weighted by Crippen LogP contribution is 2.45. The van der Waals surface area contributed by atoms with Crippen LogP contribution in [0.5, 0.6) is 17.6 Å². The molecule has 5 rings (SSSR count). The minimum Gasteiger partial charge on any atom is -0.481 e. The first kappa shape index (κ1) is 28.5. The Balaban J connectivity index is 0.000000159. The van der Waals surface area contributed by atoms with Crippen LogP contribution < -0.4 is 19.9 Å². The molecule has 202 valence electrons. The number of nitro groups is 2. The first-order valence-corrected chi connectivity index (χ1v) is 12.3. The van der Waals surface area contributed by atoms with Crippen molar-refractivity contribution in [1.82, 2.24) is 15.0 Å². The molecule has 0 amide bonds. The predicted octanol–water partition coefficient (Wildman–Crippen LogP) is 5.19. The van der Waals surface area contributed by atoms with Crippen molar-refractivity contribution in [3.05, 3.63) is 72.6 Å². The van der Waals surface area contributed by atoms with E-state index in [0.29, 0.717) is 28.1 Å². The van der Waals surface area contributed by atoms with Gasteiger partial charge in [-0.2, -0.15) is 0 Å². The molecule has 38 heavy (non-hydrogen) atoms. The zero-order valence-electron chi connectivity index (χ0n) is 21.0. The summed E-state index contributed by atoms with van der Waals surface area (Å²) in [6, 6.07) is 4.86. The van der Waals surface area contributed by atoms with Crippen LogP contribution >= 0.6 is 15.9 Å². The van der Waals surface area contributed by atoms with Gasteiger partial charge in [0.05, 0.1) is 47.5 Å². The molecular weight excluding hydrogens is 564 g/mol. The standard InChI is InChI=1S/C9H10N2O3.C9H12N2O.C6H5BrN2O3/c1-14-9-8(6-2-3-6)4-7(5-10-9)11(12)13;1-12-9-8(6-2-3-6)4-7(10)5-11-9;1-12-6-5(7)2-4(3-8-6)9(10)11/h4-6H,2-3H2,1H3;4-6H,2-3,10H2,1H3;2-3H,1H3. The summed E-state index contributed by atoms with van der Waals surface area (Å²) in [6.45, 7) is 0. The quantitative estimate of drug-likeness (QED) is 0.282. The average Bonchev–Trinajstić information content (AvgIpc) is 3.82. The molecule has 14 heteroatoms. The highest BCUT2D eigenvalue weighted by molar-refractivity contribution is 9.10. The smallest absolute Gasteiger partial charge is 0.288 e. The van der Waals surface area contributed by atoms with E-state index in [1.807, 2.05) is 6.07 Å². The van der Waals surface area contributed by atoms with Crippen molar-refractivity contribution in [3.63, 3.8) is 0 Å². The van der Waals surface area contributed by atoms with Gasteiger partial charge in [0.15, 0.2) is 0 Å². The summed E-state index contributed by atoms with van der Waals surface area (Å²) in [5.41, 5.74) is 8.34. The third-order valence-electron chi connectivity index (χ3n) is 5.59. The van der Waals surface area contributed by atoms with Gasteiger partial charge >= 0.3 is 0 Å². The molecular formula is C24H27BrN6O7. The van der Waals surface area contributed by atoms with Crippen LogP contribution in [0.15, 0.2) is 41.3 Å². The van der Waals surface area contributed by atoms with E-state index < -0.39 is 9.85 Å². The number of hydrogen-bond acceptors (Lipinski definition) is 11. The average molecular weight is 591 g/mol. The third-order valence-corrected chi connectivity index (χ3v) is 6.16. The number of pyridine rings is 3. The molecule has 2 saturated carbocycles. The number of anilines is 1. The van der Waals surface area contributed by atoms with Crippen LogP contribution in [0.25, 0.3) is 0 Å². The van der Waals surface area contributed by atoms with Crippen molar-refractivity contribution >= 4 is 33.0 Å². The van der Waals surface area contributed by atoms with Crippen LogP contribution in [0.1, 0.15) is 48.6 Å². The number of nitrogen functional groups attached to an aromatic ring is 1. The first-order chi connectivity index (χ1) is 18.2. The maximum absolute atomic E-state index is 10.5. The molecule has 2 fully saturated rings. The van der Waals surface area contributed by atoms with Gasteiger partial charge in [-0.15, -0.1) is 0 Å². The molecule has 0 spiro atoms. The Bertz CT molecular complexity index is 1300. The third kappa shape index (κ3) is 7.71. The fourth-order valence-electron chi connectivity index (χ4n) is 3.42. The molecule has 0 saturated heterocycles. The van der Waals surface area contributed by atoms with Gasteiger partial charge in [0, 0.05) is 23.3 Å². The van der Waals surface area contributed by atoms with Crippen LogP contribution in [-0.4, -0.2) is 46.1 Å². The number of halogens is 1. The van der Waals surface area contributed by atoms with Gasteiger partial charge in [-0.25, -0.2) is 15.0 Å². The first-order valence-electron chi connectivity index (χ1n) is 11.5. The van der Waals surface area contributed by atoms with E-state index in [1.165, 1.54) is 39.3 Å². The minimum atomic E-state index is -0.517. The Morgan fingerprint density at radius 3 is 1.61 bits per heavy atom. The van der Waals surface area contributed by atoms with Crippen molar-refractivity contribution < 1.29 is 24.1 Å². The maximum atomic E-state index is 10.5. The molecule has 3 aromatic rings. The van der Waals surface area contributed by atoms with Gasteiger partial charge in [0.2, 0.25) is 17.6 Å². The summed E-state index contributed by atoms with van der Waals surface area (Å²) in [6.07, 6.45) is 8.61. The van der Waals surface area contributed by atoms with Gasteiger partial charge in [-0.05, 0) is 59.5 Å². The van der Waals surface area contributed by atoms with Crippen LogP contribution in [-0.2, 0) is 0 Å². The van der Waals surface area contributed by atoms with E-state index in [9.17, 15) is 20.2 Å². The number of ether oxygens (including phenoxy) is 3. The van der Waals surface area contributed by atoms with E-state index in [4.69, 9.17) is 19.9 Å². The normalized spacial score (nSPS) is 13.7. The Labute approximate surface area is 226 Å². The zero-order valence-corrected chi connectivity index (χ0v) is 22.6. The van der Waals surface area contributed by atoms with Crippen LogP contribution in [0, 0.1) is 20.2 Å². The number of nitrogens with two attached hydrogens (primary N) is 1. The fraction of sp³-hybridized carbons (Fsp3) is 0.375. The molecule has 0 radical (unpaired) electrons. The maximum Gasteiger partial charge on any atom is 0.288 e. The Morgan fingerprint density at radius 1 is 0.763 bits per heavy atom. The van der Waals surface area contributed by atoms with E-state index in [0.717, 1.165) is 41.7 Å². The van der Waals surface area contributed by atoms with Gasteiger partial charge in [0.1, 0.15) is 12.4 Å². The second kappa shape index (κ2) is 12.9. The highest BCUT2D eigenvalue weighted by atomic mass is 79.9. The second-order valence-corrected chi connectivity index (χ2v) is 9.26. The Morgan fingerprint density at radius 2 is 1.18 bits per heavy atom. The monoisotopic (exact) mass is 590 g/mol. The van der Waals surface area contributed by atoms with Crippen LogP contribution in [0.4, 0.5) is 17.1 Å². The molecule has 0 unspecified atom stereocenters. The number of nitrogens with zero attached hydrogens (tertiary/aromatic N) is 5. The molecule has 0 atom stereocenters. The van der Waals surface area contributed by atoms with E-state index >= 15 is 0 Å². The number of rotatable bonds is 7. The van der Waals surface area contributed by atoms with Crippen molar-refractivity contribution in [2.75, 3.05) is 27.1 Å². The van der Waals surface area contributed by atoms with E-state index in [2.05, 4.69) is 30.9 Å². The molecule has 3 heterocycles. The number of hydrogen-bond donors (Lipinski definition) is 1. The summed E-state index contributed by atoms with van der Waals surface area (Å²) in [4.78, 5) is 31.6. The Kier molecular flexibility index (Phi) is 9.71. The molecule has 2 aliphatic carbocycles. The molecule has 13 nitrogen and oxygen atoms in total. The van der Waals surface area contributed by atoms with Gasteiger partial charge < -0.3 is 19.9 Å². The second-order valence-electron chi connectivity index (χ2n) is 8.41. The number of aromatic nitrogens is 3. The largest absolute Gasteiger partial charge is 0.481 e. The van der Waals surface area contributed by atoms with Crippen molar-refractivity contribution in [2.45, 2.75) is 37.5 Å². The fourth-order valence-corrected chi connectivity index (χ4v) is 3.92. The zero-order chi connectivity index (χ0) is 27.8. The SMILES string of the molecule is COc1ncc(N)cc1C1CC1.COc1ncc([N+](=O)[O-])cc1Br.COc1ncc([N+](=O)[O-])cc1C1CC1. The summed E-state index contributed by atoms with van der Waals surface area (Å²) >= 11 is 3.08. The summed E-state index contributed by atoms with van der Waals surface area (Å²) < 4.78 is 15.5. The summed E-state index contributed by atoms with van der Waals surface area (Å²) in [7, 11) is 4.61. The van der Waals surface area contributed by atoms with Crippen LogP contribution in [0.3, 0.4) is 0 Å². The summed E-state index contributed by atoms with van der Waals surface area (Å²) in [5.74, 6) is 2.61. The number of methoxy groups -OCH3 is 3. The van der Waals surface area contributed by atoms with Gasteiger partial charge in [-0.1, -0.05) is 0 Å². The topological polar surface area (TPSA) is 179 Å². The molecule has 2 aliphatic rings. The molecule has 3 aromatic heterocycles. The Hall–Kier alpha value is -4.07. The van der Waals surface area contributed by atoms with Crippen molar-refractivity contribution in [3.8, 4) is 17.6 Å². The van der Waals surface area contributed by atoms with Crippen molar-refractivity contribution in [2.24, 2.45) is 0 Å². The highest BCUT2D eigenvalue weighted by Gasteiger charge is 2.29. The predicted molar refractivity (Wildman–Crippen MR) is 142 cm³/mol. The molecule has 0 aromatic carbocycles. The minimum absolute atomic E-state index is 0.0349. The molecule has 0 bridgehead atoms. The molecule has 2 N–H and O–H groups in total. The van der Waals surface area contributed by atoms with Gasteiger partial charge in [0.25, 0.3) is 11.4 Å². The lowest BCUT2D eigenvalue weighted by molar-refractivity contribution is -0.385. The lowest BCUT2D eigenvalue weighted by atomic mass is 10.1. The van der Waals surface area contributed by atoms with Gasteiger partial charge in [-0.3, -0.25) is 20.2 Å². The van der Waals surface area contributed by atoms with E-state index in [-0.39, 0.29) is 11.4 Å². The lowest BCUT2D eigenvalue weighted by Crippen LogP contribution is -1.96. The lowest BCUT2D eigenvalue weighted by Gasteiger charge is -2.05. The molecule has 0 aliphatic heterocycles.